The first-order valence-electron chi connectivity index (χ1n) is 21.4. The number of carbonyl (C=O) groups excluding carboxylic acids is 4. The summed E-state index contributed by atoms with van der Waals surface area (Å²) in [7, 11) is 0. The van der Waals surface area contributed by atoms with Gasteiger partial charge in [0.1, 0.15) is 0 Å². The molecule has 0 saturated carbocycles. The van der Waals surface area contributed by atoms with Crippen molar-refractivity contribution in [3.8, 4) is 0 Å². The highest BCUT2D eigenvalue weighted by molar-refractivity contribution is 6.20. The van der Waals surface area contributed by atoms with Gasteiger partial charge in [-0.2, -0.15) is 0 Å². The lowest BCUT2D eigenvalue weighted by Gasteiger charge is -2.53. The minimum atomic E-state index is -2.92. The highest BCUT2D eigenvalue weighted by atomic mass is 16.8. The van der Waals surface area contributed by atoms with E-state index < -0.39 is 79.5 Å². The lowest BCUT2D eigenvalue weighted by atomic mass is 9.73. The lowest BCUT2D eigenvalue weighted by Crippen LogP contribution is -2.67. The van der Waals surface area contributed by atoms with Crippen molar-refractivity contribution >= 4 is 23.9 Å². The SMILES string of the molecule is CCC(C(=O)ON1C(C)(C)CCCC1(C)C)C(C(=O)ON1C(C)(C)CCCC1(C)C)(C(=O)ON1C(C)(C)CCCC1(C)C)C(=O)ON1C(C)(C)CCCC1(C)C. The minimum Gasteiger partial charge on any atom is -0.367 e. The first kappa shape index (κ1) is 46.4. The Kier molecular flexibility index (Phi) is 12.8. The van der Waals surface area contributed by atoms with Gasteiger partial charge >= 0.3 is 23.9 Å². The van der Waals surface area contributed by atoms with Crippen molar-refractivity contribution in [1.29, 1.82) is 0 Å². The fourth-order valence-electron chi connectivity index (χ4n) is 10.8. The van der Waals surface area contributed by atoms with Crippen LogP contribution in [0.3, 0.4) is 0 Å². The zero-order chi connectivity index (χ0) is 42.7. The van der Waals surface area contributed by atoms with E-state index >= 15 is 19.2 Å². The van der Waals surface area contributed by atoms with Gasteiger partial charge in [0, 0.05) is 0 Å². The normalized spacial score (nSPS) is 27.7. The molecule has 0 radical (unpaired) electrons. The quantitative estimate of drug-likeness (QED) is 0.197. The number of rotatable bonds is 10. The summed E-state index contributed by atoms with van der Waals surface area (Å²) in [6, 6.07) is 0. The Morgan fingerprint density at radius 3 is 0.804 bits per heavy atom. The van der Waals surface area contributed by atoms with Gasteiger partial charge in [0.05, 0.1) is 50.2 Å². The molecule has 12 nitrogen and oxygen atoms in total. The Balaban J connectivity index is 2.00. The second-order valence-electron chi connectivity index (χ2n) is 22.4. The summed E-state index contributed by atoms with van der Waals surface area (Å²) >= 11 is 0. The van der Waals surface area contributed by atoms with E-state index in [9.17, 15) is 0 Å². The molecule has 0 bridgehead atoms. The van der Waals surface area contributed by atoms with Crippen LogP contribution in [-0.2, 0) is 38.5 Å². The molecule has 0 aromatic rings. The first-order chi connectivity index (χ1) is 25.3. The second kappa shape index (κ2) is 15.4. The maximum absolute atomic E-state index is 15.6. The van der Waals surface area contributed by atoms with Gasteiger partial charge < -0.3 is 19.4 Å². The molecule has 4 rings (SSSR count). The molecule has 4 saturated heterocycles. The lowest BCUT2D eigenvalue weighted by molar-refractivity contribution is -0.303. The maximum Gasteiger partial charge on any atom is 0.355 e. The van der Waals surface area contributed by atoms with E-state index in [1.165, 1.54) is 0 Å². The molecular formula is C44H78N4O8. The fraction of sp³-hybridized carbons (Fsp3) is 0.909. The van der Waals surface area contributed by atoms with Gasteiger partial charge in [0.2, 0.25) is 0 Å². The molecule has 1 atom stereocenters. The Morgan fingerprint density at radius 2 is 0.607 bits per heavy atom. The van der Waals surface area contributed by atoms with Crippen LogP contribution >= 0.6 is 0 Å². The highest BCUT2D eigenvalue weighted by Gasteiger charge is 2.69. The predicted molar refractivity (Wildman–Crippen MR) is 216 cm³/mol. The maximum atomic E-state index is 15.6. The third-order valence-electron chi connectivity index (χ3n) is 13.6. The summed E-state index contributed by atoms with van der Waals surface area (Å²) in [6.07, 6.45) is 9.24. The topological polar surface area (TPSA) is 118 Å². The molecule has 0 spiro atoms. The third-order valence-corrected chi connectivity index (χ3v) is 13.6. The molecule has 4 aliphatic rings. The molecule has 4 aliphatic heterocycles. The van der Waals surface area contributed by atoms with E-state index in [2.05, 4.69) is 0 Å². The van der Waals surface area contributed by atoms with Gasteiger partial charge in [-0.3, -0.25) is 0 Å². The van der Waals surface area contributed by atoms with Gasteiger partial charge in [0.15, 0.2) is 0 Å². The minimum absolute atomic E-state index is 0.126. The predicted octanol–water partition coefficient (Wildman–Crippen LogP) is 9.00. The van der Waals surface area contributed by atoms with Gasteiger partial charge in [-0.05, 0) is 194 Å². The van der Waals surface area contributed by atoms with Crippen molar-refractivity contribution in [2.45, 2.75) is 245 Å². The Morgan fingerprint density at radius 1 is 0.411 bits per heavy atom. The van der Waals surface area contributed by atoms with Gasteiger partial charge in [-0.25, -0.2) is 19.2 Å². The summed E-state index contributed by atoms with van der Waals surface area (Å²) in [6.45, 7) is 33.4. The van der Waals surface area contributed by atoms with Crippen LogP contribution in [0, 0.1) is 11.3 Å². The molecule has 56 heavy (non-hydrogen) atoms. The molecular weight excluding hydrogens is 713 g/mol. The largest absolute Gasteiger partial charge is 0.367 e. The van der Waals surface area contributed by atoms with E-state index in [0.29, 0.717) is 38.5 Å². The monoisotopic (exact) mass is 791 g/mol. The molecule has 322 valence electrons. The zero-order valence-electron chi connectivity index (χ0n) is 38.3. The molecule has 0 aliphatic carbocycles. The Bertz CT molecular complexity index is 1300. The van der Waals surface area contributed by atoms with Crippen LogP contribution < -0.4 is 0 Å². The first-order valence-corrected chi connectivity index (χ1v) is 21.4. The number of nitrogens with zero attached hydrogens (tertiary/aromatic N) is 4. The van der Waals surface area contributed by atoms with Gasteiger partial charge in [-0.1, -0.05) is 6.92 Å². The highest BCUT2D eigenvalue weighted by Crippen LogP contribution is 2.48. The van der Waals surface area contributed by atoms with Crippen molar-refractivity contribution in [1.82, 2.24) is 20.3 Å². The van der Waals surface area contributed by atoms with Crippen molar-refractivity contribution in [2.75, 3.05) is 0 Å². The molecule has 0 aromatic carbocycles. The average Bonchev–Trinajstić information content (AvgIpc) is 3.02. The van der Waals surface area contributed by atoms with Crippen LogP contribution in [0.25, 0.3) is 0 Å². The summed E-state index contributed by atoms with van der Waals surface area (Å²) in [4.78, 5) is 87.8. The van der Waals surface area contributed by atoms with Crippen LogP contribution in [0.4, 0.5) is 0 Å². The van der Waals surface area contributed by atoms with E-state index in [-0.39, 0.29) is 6.42 Å². The number of hydrogen-bond acceptors (Lipinski definition) is 12. The third kappa shape index (κ3) is 8.69. The zero-order valence-corrected chi connectivity index (χ0v) is 38.3. The van der Waals surface area contributed by atoms with Crippen LogP contribution in [0.5, 0.6) is 0 Å². The number of carbonyl (C=O) groups is 4. The smallest absolute Gasteiger partial charge is 0.355 e. The summed E-state index contributed by atoms with van der Waals surface area (Å²) in [5.74, 6) is -6.20. The van der Waals surface area contributed by atoms with E-state index in [1.807, 2.05) is 111 Å². The number of hydrogen-bond donors (Lipinski definition) is 0. The Hall–Kier alpha value is -2.28. The molecule has 4 heterocycles. The van der Waals surface area contributed by atoms with Crippen molar-refractivity contribution in [2.24, 2.45) is 11.3 Å². The van der Waals surface area contributed by atoms with E-state index in [4.69, 9.17) is 19.4 Å². The summed E-state index contributed by atoms with van der Waals surface area (Å²) < 4.78 is 0. The Labute approximate surface area is 338 Å². The van der Waals surface area contributed by atoms with Crippen LogP contribution in [0.2, 0.25) is 0 Å². The van der Waals surface area contributed by atoms with Crippen molar-refractivity contribution in [3.05, 3.63) is 0 Å². The van der Waals surface area contributed by atoms with Crippen LogP contribution in [0.15, 0.2) is 0 Å². The fourth-order valence-corrected chi connectivity index (χ4v) is 10.8. The van der Waals surface area contributed by atoms with E-state index in [0.717, 1.165) is 38.5 Å². The van der Waals surface area contributed by atoms with E-state index in [1.54, 1.807) is 27.2 Å². The van der Waals surface area contributed by atoms with Crippen molar-refractivity contribution < 1.29 is 38.5 Å². The molecule has 4 fully saturated rings. The molecule has 0 amide bonds. The van der Waals surface area contributed by atoms with Crippen molar-refractivity contribution in [3.63, 3.8) is 0 Å². The number of piperidine rings is 4. The molecule has 0 N–H and O–H groups in total. The van der Waals surface area contributed by atoms with Gasteiger partial charge in [-0.15, -0.1) is 20.3 Å². The van der Waals surface area contributed by atoms with Gasteiger partial charge in [0.25, 0.3) is 5.41 Å². The summed E-state index contributed by atoms with van der Waals surface area (Å²) in [5.41, 5.74) is -8.00. The average molecular weight is 791 g/mol. The standard InChI is InChI=1S/C44H78N4O8/c1-18-31(32(49)53-45-36(2,3)23-19-24-37(45,4)5)44(33(50)54-46-38(6,7)25-20-26-39(46,8)9,34(51)55-47-40(10,11)27-21-28-41(47,12)13)35(52)56-48-42(14,15)29-22-30-43(48,16)17/h31H,18-30H2,1-17H3. The summed E-state index contributed by atoms with van der Waals surface area (Å²) in [5, 5.41) is 6.52. The second-order valence-corrected chi connectivity index (χ2v) is 22.4. The molecule has 0 aromatic heterocycles. The van der Waals surface area contributed by atoms with Crippen LogP contribution in [-0.4, -0.2) is 88.4 Å². The molecule has 1 unspecified atom stereocenters. The van der Waals surface area contributed by atoms with Crippen LogP contribution in [0.1, 0.15) is 201 Å². The number of hydroxylamine groups is 8. The molecule has 12 heteroatoms.